The molecular formula is C8H8O5. The molecule has 0 aliphatic heterocycles. The average molecular weight is 184 g/mol. The smallest absolute Gasteiger partial charge is 0.335 e. The van der Waals surface area contributed by atoms with Crippen molar-refractivity contribution in [3.63, 3.8) is 0 Å². The van der Waals surface area contributed by atoms with Crippen molar-refractivity contribution in [2.24, 2.45) is 0 Å². The lowest BCUT2D eigenvalue weighted by atomic mass is 10.2. The summed E-state index contributed by atoms with van der Waals surface area (Å²) in [5.74, 6) is -2.25. The Bertz CT molecular complexity index is 345. The molecule has 5 nitrogen and oxygen atoms in total. The second kappa shape index (κ2) is 3.22. The number of phenols is 2. The van der Waals surface area contributed by atoms with Crippen molar-refractivity contribution in [1.29, 1.82) is 0 Å². The summed E-state index contributed by atoms with van der Waals surface area (Å²) in [6.45, 7) is 0. The molecule has 0 radical (unpaired) electrons. The number of carboxylic acid groups (broad SMARTS) is 1. The molecule has 5 heteroatoms. The van der Waals surface area contributed by atoms with Crippen LogP contribution >= 0.6 is 0 Å². The molecule has 3 N–H and O–H groups in total. The van der Waals surface area contributed by atoms with Crippen LogP contribution in [-0.4, -0.2) is 28.4 Å². The lowest BCUT2D eigenvalue weighted by molar-refractivity contribution is 0.0696. The first kappa shape index (κ1) is 9.18. The summed E-state index contributed by atoms with van der Waals surface area (Å²) >= 11 is 0. The fourth-order valence-electron chi connectivity index (χ4n) is 0.872. The third kappa shape index (κ3) is 1.64. The average Bonchev–Trinajstić information content (AvgIpc) is 2.09. The van der Waals surface area contributed by atoms with Gasteiger partial charge in [0.1, 0.15) is 0 Å². The number of hydrogen-bond donors (Lipinski definition) is 3. The molecule has 0 saturated heterocycles. The van der Waals surface area contributed by atoms with Gasteiger partial charge in [-0.1, -0.05) is 0 Å². The van der Waals surface area contributed by atoms with Crippen LogP contribution in [0.1, 0.15) is 10.4 Å². The molecule has 0 aliphatic rings. The van der Waals surface area contributed by atoms with Crippen LogP contribution in [0.15, 0.2) is 12.1 Å². The number of carboxylic acids is 1. The van der Waals surface area contributed by atoms with Gasteiger partial charge in [-0.3, -0.25) is 0 Å². The van der Waals surface area contributed by atoms with Crippen LogP contribution in [0.3, 0.4) is 0 Å². The summed E-state index contributed by atoms with van der Waals surface area (Å²) in [7, 11) is 1.26. The van der Waals surface area contributed by atoms with E-state index in [9.17, 15) is 4.79 Å². The van der Waals surface area contributed by atoms with Crippen molar-refractivity contribution in [1.82, 2.24) is 0 Å². The van der Waals surface area contributed by atoms with Gasteiger partial charge in [0.25, 0.3) is 0 Å². The Morgan fingerprint density at radius 2 is 2.00 bits per heavy atom. The van der Waals surface area contributed by atoms with Gasteiger partial charge in [0.15, 0.2) is 11.5 Å². The van der Waals surface area contributed by atoms with Crippen LogP contribution in [0.2, 0.25) is 0 Å². The lowest BCUT2D eigenvalue weighted by Crippen LogP contribution is -1.96. The molecule has 0 heterocycles. The van der Waals surface area contributed by atoms with Gasteiger partial charge >= 0.3 is 5.97 Å². The standard InChI is InChI=1S/C8H8O5/c1-13-6-3-4(8(11)12)2-5(9)7(6)10/h2-3,9-10H,1H3,(H,11,12). The SMILES string of the molecule is COc1cc(C(=O)O)cc(O)c1O. The summed E-state index contributed by atoms with van der Waals surface area (Å²) < 4.78 is 4.64. The van der Waals surface area contributed by atoms with Gasteiger partial charge < -0.3 is 20.1 Å². The minimum Gasteiger partial charge on any atom is -0.504 e. The van der Waals surface area contributed by atoms with Crippen LogP contribution in [-0.2, 0) is 0 Å². The molecule has 13 heavy (non-hydrogen) atoms. The number of carbonyl (C=O) groups is 1. The van der Waals surface area contributed by atoms with Gasteiger partial charge in [0, 0.05) is 0 Å². The van der Waals surface area contributed by atoms with Crippen molar-refractivity contribution in [2.75, 3.05) is 7.11 Å². The minimum atomic E-state index is -1.20. The first-order valence-corrected chi connectivity index (χ1v) is 3.39. The van der Waals surface area contributed by atoms with E-state index in [0.717, 1.165) is 12.1 Å². The van der Waals surface area contributed by atoms with Crippen molar-refractivity contribution in [2.45, 2.75) is 0 Å². The zero-order chi connectivity index (χ0) is 10.0. The minimum absolute atomic E-state index is 0.0719. The number of aromatic hydroxyl groups is 2. The van der Waals surface area contributed by atoms with Crippen LogP contribution < -0.4 is 4.74 Å². The predicted molar refractivity (Wildman–Crippen MR) is 43.3 cm³/mol. The van der Waals surface area contributed by atoms with Crippen molar-refractivity contribution >= 4 is 5.97 Å². The summed E-state index contributed by atoms with van der Waals surface area (Å²) in [5.41, 5.74) is -0.146. The summed E-state index contributed by atoms with van der Waals surface area (Å²) in [5, 5.41) is 26.8. The summed E-state index contributed by atoms with van der Waals surface area (Å²) in [4.78, 5) is 10.5. The molecular weight excluding hydrogens is 176 g/mol. The van der Waals surface area contributed by atoms with E-state index in [0.29, 0.717) is 0 Å². The quantitative estimate of drug-likeness (QED) is 0.592. The number of aromatic carboxylic acids is 1. The molecule has 0 aromatic heterocycles. The van der Waals surface area contributed by atoms with Gasteiger partial charge in [0.05, 0.1) is 12.7 Å². The molecule has 1 aromatic carbocycles. The molecule has 0 unspecified atom stereocenters. The number of hydrogen-bond acceptors (Lipinski definition) is 4. The van der Waals surface area contributed by atoms with Crippen molar-refractivity contribution in [3.8, 4) is 17.2 Å². The fraction of sp³-hybridized carbons (Fsp3) is 0.125. The Labute approximate surface area is 73.8 Å². The maximum absolute atomic E-state index is 10.5. The highest BCUT2D eigenvalue weighted by Gasteiger charge is 2.12. The Morgan fingerprint density at radius 1 is 1.38 bits per heavy atom. The maximum Gasteiger partial charge on any atom is 0.335 e. The molecule has 0 spiro atoms. The highest BCUT2D eigenvalue weighted by Crippen LogP contribution is 2.36. The molecule has 1 rings (SSSR count). The summed E-state index contributed by atoms with van der Waals surface area (Å²) in [6, 6.07) is 2.07. The van der Waals surface area contributed by atoms with Crippen LogP contribution in [0.4, 0.5) is 0 Å². The van der Waals surface area contributed by atoms with Crippen molar-refractivity contribution < 1.29 is 24.9 Å². The normalized spacial score (nSPS) is 9.62. The molecule has 1 aromatic rings. The second-order valence-corrected chi connectivity index (χ2v) is 2.35. The molecule has 0 aliphatic carbocycles. The van der Waals surface area contributed by atoms with E-state index in [1.807, 2.05) is 0 Å². The maximum atomic E-state index is 10.5. The highest BCUT2D eigenvalue weighted by molar-refractivity contribution is 5.89. The third-order valence-electron chi connectivity index (χ3n) is 1.52. The van der Waals surface area contributed by atoms with E-state index in [4.69, 9.17) is 15.3 Å². The van der Waals surface area contributed by atoms with E-state index < -0.39 is 17.5 Å². The largest absolute Gasteiger partial charge is 0.504 e. The zero-order valence-corrected chi connectivity index (χ0v) is 6.81. The van der Waals surface area contributed by atoms with E-state index in [-0.39, 0.29) is 11.3 Å². The number of phenolic OH excluding ortho intramolecular Hbond substituents is 2. The van der Waals surface area contributed by atoms with Gasteiger partial charge in [-0.05, 0) is 12.1 Å². The second-order valence-electron chi connectivity index (χ2n) is 2.35. The van der Waals surface area contributed by atoms with E-state index in [1.54, 1.807) is 0 Å². The first-order valence-electron chi connectivity index (χ1n) is 3.39. The fourth-order valence-corrected chi connectivity index (χ4v) is 0.872. The van der Waals surface area contributed by atoms with Crippen LogP contribution in [0.5, 0.6) is 17.2 Å². The summed E-state index contributed by atoms with van der Waals surface area (Å²) in [6.07, 6.45) is 0. The Morgan fingerprint density at radius 3 is 2.46 bits per heavy atom. The number of rotatable bonds is 2. The Kier molecular flexibility index (Phi) is 2.27. The monoisotopic (exact) mass is 184 g/mol. The number of benzene rings is 1. The Balaban J connectivity index is 3.30. The molecule has 0 atom stereocenters. The molecule has 0 bridgehead atoms. The molecule has 0 amide bonds. The lowest BCUT2D eigenvalue weighted by Gasteiger charge is -2.05. The van der Waals surface area contributed by atoms with E-state index in [1.165, 1.54) is 7.11 Å². The van der Waals surface area contributed by atoms with Gasteiger partial charge in [-0.25, -0.2) is 4.79 Å². The first-order chi connectivity index (χ1) is 6.06. The van der Waals surface area contributed by atoms with Gasteiger partial charge in [-0.15, -0.1) is 0 Å². The molecule has 70 valence electrons. The third-order valence-corrected chi connectivity index (χ3v) is 1.52. The number of methoxy groups -OCH3 is 1. The highest BCUT2D eigenvalue weighted by atomic mass is 16.5. The topological polar surface area (TPSA) is 87.0 Å². The van der Waals surface area contributed by atoms with Crippen molar-refractivity contribution in [3.05, 3.63) is 17.7 Å². The Hall–Kier alpha value is -1.91. The van der Waals surface area contributed by atoms with Gasteiger partial charge in [0.2, 0.25) is 5.75 Å². The van der Waals surface area contributed by atoms with E-state index >= 15 is 0 Å². The number of ether oxygens (including phenoxy) is 1. The van der Waals surface area contributed by atoms with Crippen LogP contribution in [0, 0.1) is 0 Å². The zero-order valence-electron chi connectivity index (χ0n) is 6.81. The molecule has 0 saturated carbocycles. The van der Waals surface area contributed by atoms with E-state index in [2.05, 4.69) is 4.74 Å². The van der Waals surface area contributed by atoms with Crippen LogP contribution in [0.25, 0.3) is 0 Å². The van der Waals surface area contributed by atoms with Gasteiger partial charge in [-0.2, -0.15) is 0 Å². The molecule has 0 fully saturated rings. The predicted octanol–water partition coefficient (Wildman–Crippen LogP) is 0.805.